The number of aromatic nitrogens is 1. The normalized spacial score (nSPS) is 10.2. The summed E-state index contributed by atoms with van der Waals surface area (Å²) in [4.78, 5) is 28.4. The van der Waals surface area contributed by atoms with Gasteiger partial charge in [-0.25, -0.2) is 9.78 Å². The molecule has 0 aliphatic heterocycles. The van der Waals surface area contributed by atoms with Crippen molar-refractivity contribution in [3.8, 4) is 0 Å². The van der Waals surface area contributed by atoms with Crippen LogP contribution in [-0.2, 0) is 16.0 Å². The number of carbonyl (C=O) groups excluding carboxylic acids is 2. The summed E-state index contributed by atoms with van der Waals surface area (Å²) in [7, 11) is 0. The summed E-state index contributed by atoms with van der Waals surface area (Å²) in [6.07, 6.45) is 1.88. The van der Waals surface area contributed by atoms with Gasteiger partial charge in [0.15, 0.2) is 0 Å². The highest BCUT2D eigenvalue weighted by atomic mass is 16.5. The fourth-order valence-corrected chi connectivity index (χ4v) is 2.64. The predicted octanol–water partition coefficient (Wildman–Crippen LogP) is 4.18. The first-order valence-corrected chi connectivity index (χ1v) is 8.98. The van der Waals surface area contributed by atoms with Crippen LogP contribution in [0.15, 0.2) is 72.9 Å². The Balaban J connectivity index is 1.64. The van der Waals surface area contributed by atoms with E-state index in [9.17, 15) is 9.59 Å². The number of nitrogens with zero attached hydrogens (tertiary/aromatic N) is 1. The summed E-state index contributed by atoms with van der Waals surface area (Å²) in [6.45, 7) is 2.08. The number of para-hydroxylation sites is 1. The molecule has 1 aromatic heterocycles. The zero-order valence-electron chi connectivity index (χ0n) is 15.5. The molecule has 0 aliphatic carbocycles. The van der Waals surface area contributed by atoms with Crippen LogP contribution in [-0.4, -0.2) is 23.5 Å². The molecule has 0 radical (unpaired) electrons. The Labute approximate surface area is 163 Å². The van der Waals surface area contributed by atoms with Crippen molar-refractivity contribution in [2.45, 2.75) is 13.3 Å². The van der Waals surface area contributed by atoms with Crippen molar-refractivity contribution in [1.82, 2.24) is 4.98 Å². The molecule has 6 nitrogen and oxygen atoms in total. The Hall–Kier alpha value is -3.67. The number of rotatable bonds is 7. The first kappa shape index (κ1) is 19.1. The zero-order chi connectivity index (χ0) is 19.8. The highest BCUT2D eigenvalue weighted by Gasteiger charge is 2.12. The third-order valence-corrected chi connectivity index (χ3v) is 3.94. The minimum absolute atomic E-state index is 0.132. The van der Waals surface area contributed by atoms with E-state index in [1.165, 1.54) is 0 Å². The SMILES string of the molecule is CCOC(=O)c1ccccc1Nc1ccc(NC(=O)Cc2ccccc2)nc1. The van der Waals surface area contributed by atoms with Gasteiger partial charge in [-0.05, 0) is 36.8 Å². The van der Waals surface area contributed by atoms with Crippen LogP contribution < -0.4 is 10.6 Å². The van der Waals surface area contributed by atoms with Crippen LogP contribution in [0.4, 0.5) is 17.2 Å². The van der Waals surface area contributed by atoms with Gasteiger partial charge < -0.3 is 15.4 Å². The van der Waals surface area contributed by atoms with Crippen molar-refractivity contribution in [1.29, 1.82) is 0 Å². The minimum Gasteiger partial charge on any atom is -0.462 e. The molecule has 0 saturated heterocycles. The highest BCUT2D eigenvalue weighted by Crippen LogP contribution is 2.22. The first-order valence-electron chi connectivity index (χ1n) is 8.98. The van der Waals surface area contributed by atoms with E-state index in [0.29, 0.717) is 29.4 Å². The van der Waals surface area contributed by atoms with Crippen molar-refractivity contribution in [2.24, 2.45) is 0 Å². The van der Waals surface area contributed by atoms with Gasteiger partial charge in [-0.1, -0.05) is 42.5 Å². The Bertz CT molecular complexity index is 941. The maximum atomic E-state index is 12.1. The standard InChI is InChI=1S/C22H21N3O3/c1-2-28-22(27)18-10-6-7-11-19(18)24-17-12-13-20(23-15-17)25-21(26)14-16-8-4-3-5-9-16/h3-13,15,24H,2,14H2,1H3,(H,23,25,26). The number of hydrogen-bond acceptors (Lipinski definition) is 5. The lowest BCUT2D eigenvalue weighted by molar-refractivity contribution is -0.115. The van der Waals surface area contributed by atoms with Crippen molar-refractivity contribution in [3.05, 3.63) is 84.1 Å². The molecule has 2 aromatic carbocycles. The molecule has 28 heavy (non-hydrogen) atoms. The molecule has 1 amide bonds. The van der Waals surface area contributed by atoms with Crippen LogP contribution >= 0.6 is 0 Å². The molecule has 6 heteroatoms. The van der Waals surface area contributed by atoms with Crippen LogP contribution in [0.1, 0.15) is 22.8 Å². The van der Waals surface area contributed by atoms with Crippen LogP contribution in [0.2, 0.25) is 0 Å². The molecule has 0 spiro atoms. The monoisotopic (exact) mass is 375 g/mol. The lowest BCUT2D eigenvalue weighted by Crippen LogP contribution is -2.15. The Morgan fingerprint density at radius 2 is 1.71 bits per heavy atom. The second kappa shape index (κ2) is 9.32. The van der Waals surface area contributed by atoms with Crippen LogP contribution in [0.25, 0.3) is 0 Å². The number of ether oxygens (including phenoxy) is 1. The summed E-state index contributed by atoms with van der Waals surface area (Å²) in [5, 5.41) is 5.93. The Kier molecular flexibility index (Phi) is 6.36. The summed E-state index contributed by atoms with van der Waals surface area (Å²) < 4.78 is 5.08. The van der Waals surface area contributed by atoms with Crippen LogP contribution in [0.3, 0.4) is 0 Å². The molecule has 1 heterocycles. The summed E-state index contributed by atoms with van der Waals surface area (Å²) in [6, 6.07) is 20.1. The lowest BCUT2D eigenvalue weighted by atomic mass is 10.1. The van der Waals surface area contributed by atoms with E-state index in [2.05, 4.69) is 15.6 Å². The van der Waals surface area contributed by atoms with Gasteiger partial charge in [-0.2, -0.15) is 0 Å². The van der Waals surface area contributed by atoms with Crippen LogP contribution in [0, 0.1) is 0 Å². The summed E-state index contributed by atoms with van der Waals surface area (Å²) in [5.41, 5.74) is 2.71. The van der Waals surface area contributed by atoms with Gasteiger partial charge in [0.1, 0.15) is 5.82 Å². The molecule has 0 saturated carbocycles. The van der Waals surface area contributed by atoms with E-state index in [0.717, 1.165) is 5.56 Å². The number of anilines is 3. The van der Waals surface area contributed by atoms with E-state index in [-0.39, 0.29) is 18.3 Å². The van der Waals surface area contributed by atoms with Crippen LogP contribution in [0.5, 0.6) is 0 Å². The molecule has 3 rings (SSSR count). The van der Waals surface area contributed by atoms with Crippen molar-refractivity contribution in [2.75, 3.05) is 17.2 Å². The molecular formula is C22H21N3O3. The maximum absolute atomic E-state index is 12.1. The van der Waals surface area contributed by atoms with Crippen molar-refractivity contribution >= 4 is 29.1 Å². The number of benzene rings is 2. The van der Waals surface area contributed by atoms with Gasteiger partial charge in [0.05, 0.1) is 36.2 Å². The van der Waals surface area contributed by atoms with Crippen molar-refractivity contribution < 1.29 is 14.3 Å². The lowest BCUT2D eigenvalue weighted by Gasteiger charge is -2.11. The van der Waals surface area contributed by atoms with Gasteiger partial charge >= 0.3 is 5.97 Å². The van der Waals surface area contributed by atoms with E-state index < -0.39 is 0 Å². The third kappa shape index (κ3) is 5.17. The molecule has 3 aromatic rings. The molecule has 0 fully saturated rings. The summed E-state index contributed by atoms with van der Waals surface area (Å²) >= 11 is 0. The number of pyridine rings is 1. The average molecular weight is 375 g/mol. The van der Waals surface area contributed by atoms with Gasteiger partial charge in [0, 0.05) is 0 Å². The number of amides is 1. The zero-order valence-corrected chi connectivity index (χ0v) is 15.5. The second-order valence-electron chi connectivity index (χ2n) is 6.03. The number of hydrogen-bond donors (Lipinski definition) is 2. The molecular weight excluding hydrogens is 354 g/mol. The molecule has 142 valence electrons. The van der Waals surface area contributed by atoms with E-state index in [1.54, 1.807) is 43.5 Å². The second-order valence-corrected chi connectivity index (χ2v) is 6.03. The number of nitrogens with one attached hydrogen (secondary N) is 2. The first-order chi connectivity index (χ1) is 13.7. The van der Waals surface area contributed by atoms with Gasteiger partial charge in [-0.15, -0.1) is 0 Å². The predicted molar refractivity (Wildman–Crippen MR) is 109 cm³/mol. The van der Waals surface area contributed by atoms with E-state index >= 15 is 0 Å². The third-order valence-electron chi connectivity index (χ3n) is 3.94. The topological polar surface area (TPSA) is 80.3 Å². The number of esters is 1. The quantitative estimate of drug-likeness (QED) is 0.606. The molecule has 0 bridgehead atoms. The molecule has 2 N–H and O–H groups in total. The number of carbonyl (C=O) groups is 2. The Morgan fingerprint density at radius 1 is 0.964 bits per heavy atom. The summed E-state index contributed by atoms with van der Waals surface area (Å²) in [5.74, 6) is -0.0550. The Morgan fingerprint density at radius 3 is 2.43 bits per heavy atom. The van der Waals surface area contributed by atoms with Gasteiger partial charge in [-0.3, -0.25) is 4.79 Å². The smallest absolute Gasteiger partial charge is 0.340 e. The largest absolute Gasteiger partial charge is 0.462 e. The van der Waals surface area contributed by atoms with Crippen molar-refractivity contribution in [3.63, 3.8) is 0 Å². The molecule has 0 aliphatic rings. The van der Waals surface area contributed by atoms with E-state index in [4.69, 9.17) is 4.74 Å². The van der Waals surface area contributed by atoms with Gasteiger partial charge in [0.2, 0.25) is 5.91 Å². The average Bonchev–Trinajstić information content (AvgIpc) is 2.71. The molecule has 0 atom stereocenters. The van der Waals surface area contributed by atoms with Gasteiger partial charge in [0.25, 0.3) is 0 Å². The maximum Gasteiger partial charge on any atom is 0.340 e. The molecule has 0 unspecified atom stereocenters. The minimum atomic E-state index is -0.386. The highest BCUT2D eigenvalue weighted by molar-refractivity contribution is 5.96. The fraction of sp³-hybridized carbons (Fsp3) is 0.136. The fourth-order valence-electron chi connectivity index (χ4n) is 2.64. The van der Waals surface area contributed by atoms with E-state index in [1.807, 2.05) is 36.4 Å².